The first kappa shape index (κ1) is 24.8. The zero-order valence-electron chi connectivity index (χ0n) is 19.5. The van der Waals surface area contributed by atoms with Gasteiger partial charge < -0.3 is 9.64 Å². The second kappa shape index (κ2) is 11.3. The summed E-state index contributed by atoms with van der Waals surface area (Å²) in [6.07, 6.45) is 3.66. The molecule has 0 aliphatic carbocycles. The average molecular weight is 465 g/mol. The van der Waals surface area contributed by atoms with Gasteiger partial charge in [0.2, 0.25) is 5.91 Å². The van der Waals surface area contributed by atoms with Crippen LogP contribution in [-0.4, -0.2) is 45.5 Å². The number of rotatable bonds is 10. The van der Waals surface area contributed by atoms with E-state index in [-0.39, 0.29) is 17.2 Å². The highest BCUT2D eigenvalue weighted by atomic mass is 16.6. The van der Waals surface area contributed by atoms with Crippen LogP contribution >= 0.6 is 0 Å². The van der Waals surface area contributed by atoms with Crippen molar-refractivity contribution in [1.29, 1.82) is 0 Å². The summed E-state index contributed by atoms with van der Waals surface area (Å²) < 4.78 is 6.76. The van der Waals surface area contributed by atoms with Crippen molar-refractivity contribution in [1.82, 2.24) is 14.5 Å². The first-order chi connectivity index (χ1) is 16.4. The van der Waals surface area contributed by atoms with E-state index in [0.717, 1.165) is 0 Å². The van der Waals surface area contributed by atoms with Crippen molar-refractivity contribution in [3.05, 3.63) is 86.5 Å². The number of para-hydroxylation sites is 1. The van der Waals surface area contributed by atoms with Crippen LogP contribution in [0.3, 0.4) is 0 Å². The fourth-order valence-corrected chi connectivity index (χ4v) is 3.79. The molecule has 0 fully saturated rings. The third-order valence-electron chi connectivity index (χ3n) is 5.60. The van der Waals surface area contributed by atoms with Crippen molar-refractivity contribution in [2.75, 3.05) is 20.3 Å². The Morgan fingerprint density at radius 1 is 1.24 bits per heavy atom. The fourth-order valence-electron chi connectivity index (χ4n) is 3.79. The Kier molecular flexibility index (Phi) is 8.26. The Bertz CT molecular complexity index is 1250. The van der Waals surface area contributed by atoms with E-state index < -0.39 is 11.0 Å². The molecule has 0 saturated carbocycles. The van der Waals surface area contributed by atoms with E-state index in [1.54, 1.807) is 53.0 Å². The number of nitrogens with zero attached hydrogens (tertiary/aromatic N) is 4. The summed E-state index contributed by atoms with van der Waals surface area (Å²) in [5, 5.41) is 11.4. The van der Waals surface area contributed by atoms with Gasteiger partial charge >= 0.3 is 0 Å². The van der Waals surface area contributed by atoms with E-state index >= 15 is 0 Å². The van der Waals surface area contributed by atoms with Gasteiger partial charge in [-0.1, -0.05) is 12.1 Å². The number of amides is 1. The van der Waals surface area contributed by atoms with Crippen LogP contribution in [0.4, 0.5) is 5.69 Å². The normalized spacial score (nSPS) is 12.2. The standard InChI is InChI=1S/C25H28N4O5/c1-4-27-24(26-22-9-6-5-8-21(22)25(27)31)18(2)28(16-7-17-34-3)23(30)15-12-19-10-13-20(14-11-19)29(32)33/h5-6,8-15,18H,4,7,16-17H2,1-3H3. The smallest absolute Gasteiger partial charge is 0.269 e. The molecule has 178 valence electrons. The monoisotopic (exact) mass is 464 g/mol. The van der Waals surface area contributed by atoms with Crippen molar-refractivity contribution in [2.45, 2.75) is 32.9 Å². The van der Waals surface area contributed by atoms with Gasteiger partial charge in [-0.3, -0.25) is 24.3 Å². The molecule has 0 bridgehead atoms. The van der Waals surface area contributed by atoms with Gasteiger partial charge in [0.15, 0.2) is 0 Å². The molecule has 3 rings (SSSR count). The molecule has 0 aliphatic rings. The van der Waals surface area contributed by atoms with Gasteiger partial charge in [-0.25, -0.2) is 4.98 Å². The molecule has 0 saturated heterocycles. The number of non-ortho nitro benzene ring substituents is 1. The van der Waals surface area contributed by atoms with Gasteiger partial charge in [0.25, 0.3) is 11.2 Å². The van der Waals surface area contributed by atoms with Crippen molar-refractivity contribution in [3.63, 3.8) is 0 Å². The number of hydrogen-bond donors (Lipinski definition) is 0. The summed E-state index contributed by atoms with van der Waals surface area (Å²) in [6.45, 7) is 5.04. The first-order valence-electron chi connectivity index (χ1n) is 11.1. The number of fused-ring (bicyclic) bond motifs is 1. The van der Waals surface area contributed by atoms with Crippen LogP contribution in [0.25, 0.3) is 17.0 Å². The summed E-state index contributed by atoms with van der Waals surface area (Å²) in [7, 11) is 1.60. The SMILES string of the molecule is CCn1c(C(C)N(CCCOC)C(=O)C=Cc2ccc([N+](=O)[O-])cc2)nc2ccccc2c1=O. The number of carbonyl (C=O) groups is 1. The number of ether oxygens (including phenoxy) is 1. The summed E-state index contributed by atoms with van der Waals surface area (Å²) in [4.78, 5) is 43.1. The van der Waals surface area contributed by atoms with E-state index in [1.807, 2.05) is 19.9 Å². The van der Waals surface area contributed by atoms with Gasteiger partial charge in [0, 0.05) is 45.0 Å². The number of benzene rings is 2. The number of nitro benzene ring substituents is 1. The molecule has 0 aliphatic heterocycles. The van der Waals surface area contributed by atoms with E-state index in [1.165, 1.54) is 18.2 Å². The van der Waals surface area contributed by atoms with Gasteiger partial charge in [-0.05, 0) is 56.2 Å². The summed E-state index contributed by atoms with van der Waals surface area (Å²) in [5.41, 5.74) is 1.10. The quantitative estimate of drug-likeness (QED) is 0.194. The maximum absolute atomic E-state index is 13.2. The predicted molar refractivity (Wildman–Crippen MR) is 130 cm³/mol. The Hall–Kier alpha value is -3.85. The molecular formula is C25H28N4O5. The Balaban J connectivity index is 1.94. The molecule has 34 heavy (non-hydrogen) atoms. The Morgan fingerprint density at radius 2 is 1.94 bits per heavy atom. The third-order valence-corrected chi connectivity index (χ3v) is 5.60. The lowest BCUT2D eigenvalue weighted by molar-refractivity contribution is -0.384. The molecule has 1 unspecified atom stereocenters. The first-order valence-corrected chi connectivity index (χ1v) is 11.1. The second-order valence-electron chi connectivity index (χ2n) is 7.77. The van der Waals surface area contributed by atoms with Gasteiger partial charge in [-0.2, -0.15) is 0 Å². The summed E-state index contributed by atoms with van der Waals surface area (Å²) >= 11 is 0. The Labute approximate surface area is 197 Å². The average Bonchev–Trinajstić information content (AvgIpc) is 2.85. The molecule has 0 N–H and O–H groups in total. The van der Waals surface area contributed by atoms with Gasteiger partial charge in [-0.15, -0.1) is 0 Å². The van der Waals surface area contributed by atoms with Crippen LogP contribution < -0.4 is 5.56 Å². The molecule has 1 atom stereocenters. The van der Waals surface area contributed by atoms with Gasteiger partial charge in [0.1, 0.15) is 5.82 Å². The van der Waals surface area contributed by atoms with Crippen molar-refractivity contribution in [2.24, 2.45) is 0 Å². The zero-order chi connectivity index (χ0) is 24.7. The van der Waals surface area contributed by atoms with Crippen molar-refractivity contribution >= 4 is 28.6 Å². The predicted octanol–water partition coefficient (Wildman–Crippen LogP) is 3.96. The highest BCUT2D eigenvalue weighted by molar-refractivity contribution is 5.92. The zero-order valence-corrected chi connectivity index (χ0v) is 19.5. The van der Waals surface area contributed by atoms with E-state index in [4.69, 9.17) is 9.72 Å². The van der Waals surface area contributed by atoms with Crippen LogP contribution in [0.2, 0.25) is 0 Å². The molecule has 9 nitrogen and oxygen atoms in total. The van der Waals surface area contributed by atoms with Crippen LogP contribution in [0.1, 0.15) is 37.7 Å². The molecular weight excluding hydrogens is 436 g/mol. The number of methoxy groups -OCH3 is 1. The van der Waals surface area contributed by atoms with Gasteiger partial charge in [0.05, 0.1) is 21.9 Å². The minimum atomic E-state index is -0.471. The molecule has 0 spiro atoms. The highest BCUT2D eigenvalue weighted by Gasteiger charge is 2.24. The van der Waals surface area contributed by atoms with Crippen LogP contribution in [0.15, 0.2) is 59.4 Å². The highest BCUT2D eigenvalue weighted by Crippen LogP contribution is 2.21. The molecule has 1 aromatic heterocycles. The lowest BCUT2D eigenvalue weighted by Crippen LogP contribution is -2.37. The lowest BCUT2D eigenvalue weighted by Gasteiger charge is -2.29. The maximum atomic E-state index is 13.2. The second-order valence-corrected chi connectivity index (χ2v) is 7.77. The topological polar surface area (TPSA) is 108 Å². The van der Waals surface area contributed by atoms with Crippen molar-refractivity contribution in [3.8, 4) is 0 Å². The number of carbonyl (C=O) groups excluding carboxylic acids is 1. The maximum Gasteiger partial charge on any atom is 0.269 e. The van der Waals surface area contributed by atoms with Crippen LogP contribution in [0.5, 0.6) is 0 Å². The molecule has 0 radical (unpaired) electrons. The Morgan fingerprint density at radius 3 is 2.59 bits per heavy atom. The molecule has 9 heteroatoms. The molecule has 1 amide bonds. The third kappa shape index (κ3) is 5.55. The molecule has 1 heterocycles. The van der Waals surface area contributed by atoms with Crippen molar-refractivity contribution < 1.29 is 14.5 Å². The minimum absolute atomic E-state index is 0.0155. The lowest BCUT2D eigenvalue weighted by atomic mass is 10.1. The van der Waals surface area contributed by atoms with E-state index in [0.29, 0.717) is 48.4 Å². The van der Waals surface area contributed by atoms with E-state index in [9.17, 15) is 19.7 Å². The number of aromatic nitrogens is 2. The number of nitro groups is 1. The largest absolute Gasteiger partial charge is 0.385 e. The van der Waals surface area contributed by atoms with Crippen LogP contribution in [0, 0.1) is 10.1 Å². The van der Waals surface area contributed by atoms with Crippen LogP contribution in [-0.2, 0) is 16.1 Å². The summed E-state index contributed by atoms with van der Waals surface area (Å²) in [5.74, 6) is 0.257. The molecule has 3 aromatic rings. The van der Waals surface area contributed by atoms with E-state index in [2.05, 4.69) is 0 Å². The number of hydrogen-bond acceptors (Lipinski definition) is 6. The molecule has 2 aromatic carbocycles. The minimum Gasteiger partial charge on any atom is -0.385 e. The summed E-state index contributed by atoms with van der Waals surface area (Å²) in [6, 6.07) is 12.7. The fraction of sp³-hybridized carbons (Fsp3) is 0.320.